The van der Waals surface area contributed by atoms with Gasteiger partial charge in [-0.15, -0.1) is 0 Å². The summed E-state index contributed by atoms with van der Waals surface area (Å²) in [7, 11) is 0. The number of ether oxygens (including phenoxy) is 2. The number of amides is 2. The number of carbonyl (C=O) groups excluding carboxylic acids is 3. The van der Waals surface area contributed by atoms with Crippen LogP contribution in [0.3, 0.4) is 0 Å². The van der Waals surface area contributed by atoms with Crippen LogP contribution in [0.25, 0.3) is 0 Å². The number of esters is 1. The maximum absolute atomic E-state index is 12.7. The predicted octanol–water partition coefficient (Wildman–Crippen LogP) is 2.73. The highest BCUT2D eigenvalue weighted by molar-refractivity contribution is 5.97. The first kappa shape index (κ1) is 28.3. The lowest BCUT2D eigenvalue weighted by Crippen LogP contribution is -2.62. The Morgan fingerprint density at radius 2 is 1.72 bits per heavy atom. The van der Waals surface area contributed by atoms with Crippen molar-refractivity contribution in [2.75, 3.05) is 6.61 Å². The van der Waals surface area contributed by atoms with E-state index in [4.69, 9.17) is 9.47 Å². The minimum atomic E-state index is -1.42. The number of rotatable bonds is 7. The Hall–Kier alpha value is -3.98. The second-order valence-corrected chi connectivity index (χ2v) is 10.1. The molecule has 1 fully saturated rings. The minimum Gasteiger partial charge on any atom is -0.480 e. The van der Waals surface area contributed by atoms with Crippen LogP contribution in [-0.4, -0.2) is 52.8 Å². The molecule has 1 aliphatic rings. The van der Waals surface area contributed by atoms with Crippen molar-refractivity contribution in [2.24, 2.45) is 11.8 Å². The van der Waals surface area contributed by atoms with Crippen LogP contribution in [0.5, 0.6) is 0 Å². The van der Waals surface area contributed by atoms with Gasteiger partial charge in [0.1, 0.15) is 11.6 Å². The average Bonchev–Trinajstić information content (AvgIpc) is 3.50. The highest BCUT2D eigenvalue weighted by Crippen LogP contribution is 2.37. The number of alkyl carbamates (subject to hydrolysis) is 1. The molecule has 192 valence electrons. The summed E-state index contributed by atoms with van der Waals surface area (Å²) in [5.41, 5.74) is -1.23. The van der Waals surface area contributed by atoms with Crippen LogP contribution in [0.4, 0.5) is 4.79 Å². The van der Waals surface area contributed by atoms with Gasteiger partial charge >= 0.3 is 18.0 Å². The third-order valence-corrected chi connectivity index (χ3v) is 5.16. The summed E-state index contributed by atoms with van der Waals surface area (Å²) in [5.74, 6) is 9.69. The average molecular weight is 497 g/mol. The van der Waals surface area contributed by atoms with Gasteiger partial charge in [-0.1, -0.05) is 11.8 Å². The topological polar surface area (TPSA) is 131 Å². The quantitative estimate of drug-likeness (QED) is 0.391. The van der Waals surface area contributed by atoms with Crippen molar-refractivity contribution >= 4 is 23.9 Å². The van der Waals surface area contributed by atoms with Gasteiger partial charge in [-0.3, -0.25) is 9.59 Å². The fraction of sp³-hybridized carbons (Fsp3) is 0.481. The highest BCUT2D eigenvalue weighted by Gasteiger charge is 2.39. The second-order valence-electron chi connectivity index (χ2n) is 10.1. The van der Waals surface area contributed by atoms with E-state index in [9.17, 15) is 24.3 Å². The van der Waals surface area contributed by atoms with Gasteiger partial charge in [0.2, 0.25) is 0 Å². The van der Waals surface area contributed by atoms with Gasteiger partial charge in [0, 0.05) is 29.9 Å². The van der Waals surface area contributed by atoms with Gasteiger partial charge in [0.05, 0.1) is 12.1 Å². The van der Waals surface area contributed by atoms with Crippen molar-refractivity contribution < 1.29 is 33.8 Å². The SMILES string of the molecule is CC(=O)OC[C@@H]1C[C@H]1C#CC#Cc1ccc(C(=O)NC(C(=O)O)C(C)(C)NC(=O)OC(C)(C)C)cc1. The normalized spacial score (nSPS) is 17.2. The van der Waals surface area contributed by atoms with E-state index in [1.54, 1.807) is 32.9 Å². The largest absolute Gasteiger partial charge is 0.480 e. The summed E-state index contributed by atoms with van der Waals surface area (Å²) >= 11 is 0. The molecule has 2 rings (SSSR count). The zero-order chi connectivity index (χ0) is 27.1. The molecule has 3 N–H and O–H groups in total. The van der Waals surface area contributed by atoms with Crippen molar-refractivity contribution in [3.05, 3.63) is 35.4 Å². The van der Waals surface area contributed by atoms with Crippen LogP contribution in [-0.2, 0) is 19.1 Å². The smallest absolute Gasteiger partial charge is 0.408 e. The van der Waals surface area contributed by atoms with Gasteiger partial charge < -0.3 is 25.2 Å². The highest BCUT2D eigenvalue weighted by atomic mass is 16.6. The van der Waals surface area contributed by atoms with E-state index < -0.39 is 35.2 Å². The lowest BCUT2D eigenvalue weighted by atomic mass is 9.94. The van der Waals surface area contributed by atoms with Crippen molar-refractivity contribution in [3.8, 4) is 23.7 Å². The summed E-state index contributed by atoms with van der Waals surface area (Å²) < 4.78 is 10.2. The number of carboxylic acid groups (broad SMARTS) is 1. The molecule has 9 nitrogen and oxygen atoms in total. The van der Waals surface area contributed by atoms with Crippen LogP contribution in [0, 0.1) is 35.5 Å². The molecule has 1 saturated carbocycles. The first-order valence-electron chi connectivity index (χ1n) is 11.5. The lowest BCUT2D eigenvalue weighted by Gasteiger charge is -2.33. The molecule has 2 amide bonds. The van der Waals surface area contributed by atoms with Gasteiger partial charge in [0.15, 0.2) is 0 Å². The summed E-state index contributed by atoms with van der Waals surface area (Å²) in [6.45, 7) is 9.78. The minimum absolute atomic E-state index is 0.181. The van der Waals surface area contributed by atoms with Crippen molar-refractivity contribution in [2.45, 2.75) is 65.1 Å². The van der Waals surface area contributed by atoms with E-state index in [0.29, 0.717) is 12.2 Å². The molecule has 0 heterocycles. The molecule has 1 aromatic carbocycles. The van der Waals surface area contributed by atoms with Crippen LogP contribution >= 0.6 is 0 Å². The first-order chi connectivity index (χ1) is 16.7. The Morgan fingerprint density at radius 1 is 1.08 bits per heavy atom. The van der Waals surface area contributed by atoms with Crippen LogP contribution < -0.4 is 10.6 Å². The number of hydrogen-bond donors (Lipinski definition) is 3. The maximum atomic E-state index is 12.7. The van der Waals surface area contributed by atoms with Crippen LogP contribution in [0.15, 0.2) is 24.3 Å². The zero-order valence-electron chi connectivity index (χ0n) is 21.4. The van der Waals surface area contributed by atoms with E-state index in [1.807, 2.05) is 0 Å². The van der Waals surface area contributed by atoms with Gasteiger partial charge in [0.25, 0.3) is 5.91 Å². The monoisotopic (exact) mass is 496 g/mol. The molecule has 0 aromatic heterocycles. The van der Waals surface area contributed by atoms with E-state index in [1.165, 1.54) is 32.9 Å². The van der Waals surface area contributed by atoms with Crippen molar-refractivity contribution in [1.82, 2.24) is 10.6 Å². The number of benzene rings is 1. The number of hydrogen-bond acceptors (Lipinski definition) is 6. The second kappa shape index (κ2) is 11.6. The summed E-state index contributed by atoms with van der Waals surface area (Å²) in [5, 5.41) is 14.6. The maximum Gasteiger partial charge on any atom is 0.408 e. The molecular formula is C27H32N2O7. The molecule has 1 aliphatic carbocycles. The summed E-state index contributed by atoms with van der Waals surface area (Å²) in [6, 6.07) is 4.89. The molecule has 1 aromatic rings. The van der Waals surface area contributed by atoms with E-state index in [0.717, 1.165) is 6.42 Å². The van der Waals surface area contributed by atoms with Gasteiger partial charge in [-0.25, -0.2) is 9.59 Å². The lowest BCUT2D eigenvalue weighted by molar-refractivity contribution is -0.142. The molecule has 36 heavy (non-hydrogen) atoms. The molecule has 0 spiro atoms. The Kier molecular flexibility index (Phi) is 9.13. The zero-order valence-corrected chi connectivity index (χ0v) is 21.4. The standard InChI is InChI=1S/C27H32N2O7/c1-17(30)35-16-21-15-20(21)10-8-7-9-18-11-13-19(14-12-18)23(31)28-22(24(32)33)27(5,6)29-25(34)36-26(2,3)4/h11-14,20-22H,15-16H2,1-6H3,(H,28,31)(H,29,34)(H,32,33)/t20-,21+,22?/m1/s1. The fourth-order valence-corrected chi connectivity index (χ4v) is 3.17. The molecule has 9 heteroatoms. The number of carbonyl (C=O) groups is 4. The van der Waals surface area contributed by atoms with E-state index >= 15 is 0 Å². The Morgan fingerprint density at radius 3 is 2.28 bits per heavy atom. The summed E-state index contributed by atoms with van der Waals surface area (Å²) in [6.07, 6.45) is 0.0911. The molecule has 0 aliphatic heterocycles. The van der Waals surface area contributed by atoms with Crippen molar-refractivity contribution in [3.63, 3.8) is 0 Å². The predicted molar refractivity (Wildman–Crippen MR) is 132 cm³/mol. The van der Waals surface area contributed by atoms with Crippen LogP contribution in [0.1, 0.15) is 63.9 Å². The first-order valence-corrected chi connectivity index (χ1v) is 11.5. The number of carboxylic acids is 1. The molecule has 1 unspecified atom stereocenters. The Bertz CT molecular complexity index is 1130. The van der Waals surface area contributed by atoms with E-state index in [2.05, 4.69) is 34.3 Å². The van der Waals surface area contributed by atoms with Gasteiger partial charge in [-0.2, -0.15) is 0 Å². The Balaban J connectivity index is 1.97. The molecule has 0 saturated heterocycles. The number of aliphatic carboxylic acids is 1. The van der Waals surface area contributed by atoms with E-state index in [-0.39, 0.29) is 23.4 Å². The third-order valence-electron chi connectivity index (χ3n) is 5.16. The fourth-order valence-electron chi connectivity index (χ4n) is 3.17. The van der Waals surface area contributed by atoms with Crippen LogP contribution in [0.2, 0.25) is 0 Å². The molecule has 0 bridgehead atoms. The van der Waals surface area contributed by atoms with Gasteiger partial charge in [-0.05, 0) is 77.1 Å². The number of nitrogens with one attached hydrogen (secondary N) is 2. The molecule has 0 radical (unpaired) electrons. The Labute approximate surface area is 211 Å². The third kappa shape index (κ3) is 9.34. The summed E-state index contributed by atoms with van der Waals surface area (Å²) in [4.78, 5) is 47.5. The molecular weight excluding hydrogens is 464 g/mol. The molecule has 3 atom stereocenters. The van der Waals surface area contributed by atoms with Crippen molar-refractivity contribution in [1.29, 1.82) is 0 Å².